The van der Waals surface area contributed by atoms with E-state index in [1.165, 1.54) is 12.8 Å². The van der Waals surface area contributed by atoms with Crippen molar-refractivity contribution in [3.8, 4) is 0 Å². The molecule has 0 bridgehead atoms. The molecule has 1 N–H and O–H groups in total. The van der Waals surface area contributed by atoms with Crippen molar-refractivity contribution in [2.75, 3.05) is 7.11 Å². The fourth-order valence-corrected chi connectivity index (χ4v) is 2.75. The second kappa shape index (κ2) is 11.6. The van der Waals surface area contributed by atoms with Gasteiger partial charge in [0.25, 0.3) is 0 Å². The van der Waals surface area contributed by atoms with Crippen LogP contribution < -0.4 is 0 Å². The highest BCUT2D eigenvalue weighted by molar-refractivity contribution is 5.24. The monoisotopic (exact) mass is 322 g/mol. The first-order chi connectivity index (χ1) is 10.9. The van der Waals surface area contributed by atoms with Crippen molar-refractivity contribution >= 4 is 0 Å². The van der Waals surface area contributed by atoms with Crippen LogP contribution in [0.3, 0.4) is 0 Å². The smallest absolute Gasteiger partial charge is 0.118 e. The minimum Gasteiger partial charge on any atom is -0.382 e. The van der Waals surface area contributed by atoms with Gasteiger partial charge in [-0.15, -0.1) is 0 Å². The van der Waals surface area contributed by atoms with Crippen molar-refractivity contribution in [2.24, 2.45) is 11.8 Å². The molecule has 1 rings (SSSR count). The van der Waals surface area contributed by atoms with E-state index in [2.05, 4.69) is 34.6 Å². The van der Waals surface area contributed by atoms with E-state index in [1.54, 1.807) is 7.11 Å². The van der Waals surface area contributed by atoms with Gasteiger partial charge in [0, 0.05) is 7.11 Å². The van der Waals surface area contributed by atoms with Crippen LogP contribution in [0.25, 0.3) is 0 Å². The van der Waals surface area contributed by atoms with Gasteiger partial charge in [-0.1, -0.05) is 91.1 Å². The summed E-state index contributed by atoms with van der Waals surface area (Å²) in [5.74, 6) is 1.10. The SMILES string of the molecule is CCC(C)C(O)(c1ccccc1)C(CC)OC.CCC(C)CC. The number of methoxy groups -OCH3 is 1. The molecule has 3 unspecified atom stereocenters. The van der Waals surface area contributed by atoms with E-state index in [9.17, 15) is 5.11 Å². The van der Waals surface area contributed by atoms with E-state index in [1.807, 2.05) is 37.3 Å². The van der Waals surface area contributed by atoms with E-state index in [0.717, 1.165) is 24.3 Å². The summed E-state index contributed by atoms with van der Waals surface area (Å²) in [4.78, 5) is 0. The summed E-state index contributed by atoms with van der Waals surface area (Å²) in [5, 5.41) is 11.1. The second-order valence-electron chi connectivity index (χ2n) is 6.55. The van der Waals surface area contributed by atoms with Gasteiger partial charge in [-0.05, 0) is 23.8 Å². The number of hydrogen-bond donors (Lipinski definition) is 1. The van der Waals surface area contributed by atoms with Crippen LogP contribution in [0.1, 0.15) is 72.8 Å². The van der Waals surface area contributed by atoms with Crippen molar-refractivity contribution in [2.45, 2.75) is 78.9 Å². The number of hydrogen-bond acceptors (Lipinski definition) is 2. The minimum absolute atomic E-state index is 0.162. The average molecular weight is 323 g/mol. The van der Waals surface area contributed by atoms with Crippen LogP contribution in [0.2, 0.25) is 0 Å². The van der Waals surface area contributed by atoms with Gasteiger partial charge in [-0.25, -0.2) is 0 Å². The molecule has 1 aromatic rings. The van der Waals surface area contributed by atoms with E-state index in [4.69, 9.17) is 4.74 Å². The lowest BCUT2D eigenvalue weighted by molar-refractivity contribution is -0.133. The van der Waals surface area contributed by atoms with E-state index in [0.29, 0.717) is 0 Å². The summed E-state index contributed by atoms with van der Waals surface area (Å²) < 4.78 is 5.49. The molecule has 3 atom stereocenters. The van der Waals surface area contributed by atoms with E-state index in [-0.39, 0.29) is 12.0 Å². The van der Waals surface area contributed by atoms with Gasteiger partial charge in [0.1, 0.15) is 5.60 Å². The Balaban J connectivity index is 0.000000688. The van der Waals surface area contributed by atoms with Gasteiger partial charge in [-0.2, -0.15) is 0 Å². The van der Waals surface area contributed by atoms with Gasteiger partial charge in [0.15, 0.2) is 0 Å². The van der Waals surface area contributed by atoms with Gasteiger partial charge < -0.3 is 9.84 Å². The number of ether oxygens (including phenoxy) is 1. The van der Waals surface area contributed by atoms with Gasteiger partial charge in [-0.3, -0.25) is 0 Å². The van der Waals surface area contributed by atoms with Crippen LogP contribution in [0.15, 0.2) is 30.3 Å². The maximum atomic E-state index is 11.1. The largest absolute Gasteiger partial charge is 0.382 e. The zero-order chi connectivity index (χ0) is 17.9. The van der Waals surface area contributed by atoms with Crippen molar-refractivity contribution in [1.29, 1.82) is 0 Å². The molecule has 0 fully saturated rings. The van der Waals surface area contributed by atoms with Gasteiger partial charge >= 0.3 is 0 Å². The van der Waals surface area contributed by atoms with Crippen LogP contribution in [-0.4, -0.2) is 18.3 Å². The highest BCUT2D eigenvalue weighted by atomic mass is 16.5. The lowest BCUT2D eigenvalue weighted by Crippen LogP contribution is -2.45. The van der Waals surface area contributed by atoms with Crippen molar-refractivity contribution in [3.63, 3.8) is 0 Å². The molecule has 134 valence electrons. The quantitative estimate of drug-likeness (QED) is 0.656. The number of benzene rings is 1. The Morgan fingerprint density at radius 3 is 1.74 bits per heavy atom. The van der Waals surface area contributed by atoms with Crippen LogP contribution in [0.4, 0.5) is 0 Å². The third-order valence-corrected chi connectivity index (χ3v) is 5.14. The van der Waals surface area contributed by atoms with Crippen LogP contribution in [-0.2, 0) is 10.3 Å². The van der Waals surface area contributed by atoms with Crippen molar-refractivity contribution < 1.29 is 9.84 Å². The summed E-state index contributed by atoms with van der Waals surface area (Å²) in [7, 11) is 1.67. The maximum Gasteiger partial charge on any atom is 0.118 e. The van der Waals surface area contributed by atoms with Gasteiger partial charge in [0.05, 0.1) is 6.10 Å². The molecule has 2 nitrogen and oxygen atoms in total. The fourth-order valence-electron chi connectivity index (χ4n) is 2.75. The molecule has 0 aliphatic heterocycles. The average Bonchev–Trinajstić information content (AvgIpc) is 2.62. The minimum atomic E-state index is -0.903. The molecular formula is C21H38O2. The Bertz CT molecular complexity index is 382. The highest BCUT2D eigenvalue weighted by Crippen LogP contribution is 2.37. The zero-order valence-corrected chi connectivity index (χ0v) is 16.3. The van der Waals surface area contributed by atoms with E-state index < -0.39 is 5.60 Å². The molecule has 0 saturated carbocycles. The number of rotatable bonds is 8. The third kappa shape index (κ3) is 6.27. The molecule has 0 saturated heterocycles. The Kier molecular flexibility index (Phi) is 11.2. The molecular weight excluding hydrogens is 284 g/mol. The normalized spacial score (nSPS) is 16.2. The fraction of sp³-hybridized carbons (Fsp3) is 0.714. The summed E-state index contributed by atoms with van der Waals surface area (Å²) in [6.07, 6.45) is 4.21. The topological polar surface area (TPSA) is 29.5 Å². The molecule has 0 radical (unpaired) electrons. The molecule has 0 aromatic heterocycles. The first kappa shape index (κ1) is 22.1. The molecule has 2 heteroatoms. The van der Waals surface area contributed by atoms with Crippen LogP contribution >= 0.6 is 0 Å². The standard InChI is InChI=1S/C15H24O2.C6H14/c1-5-12(3)15(16,14(6-2)17-4)13-10-8-7-9-11-13;1-4-6(3)5-2/h7-12,14,16H,5-6H2,1-4H3;6H,4-5H2,1-3H3. The van der Waals surface area contributed by atoms with E-state index >= 15 is 0 Å². The maximum absolute atomic E-state index is 11.1. The zero-order valence-electron chi connectivity index (χ0n) is 16.3. The van der Waals surface area contributed by atoms with Crippen LogP contribution in [0.5, 0.6) is 0 Å². The second-order valence-corrected chi connectivity index (χ2v) is 6.55. The molecule has 0 aliphatic carbocycles. The molecule has 0 aliphatic rings. The number of aliphatic hydroxyl groups is 1. The molecule has 23 heavy (non-hydrogen) atoms. The van der Waals surface area contributed by atoms with Crippen LogP contribution in [0, 0.1) is 11.8 Å². The van der Waals surface area contributed by atoms with Gasteiger partial charge in [0.2, 0.25) is 0 Å². The first-order valence-corrected chi connectivity index (χ1v) is 9.22. The molecule has 1 aromatic carbocycles. The predicted molar refractivity (Wildman–Crippen MR) is 101 cm³/mol. The first-order valence-electron chi connectivity index (χ1n) is 9.22. The van der Waals surface area contributed by atoms with Crippen molar-refractivity contribution in [1.82, 2.24) is 0 Å². The Morgan fingerprint density at radius 2 is 1.43 bits per heavy atom. The lowest BCUT2D eigenvalue weighted by Gasteiger charge is -2.40. The third-order valence-electron chi connectivity index (χ3n) is 5.14. The summed E-state index contributed by atoms with van der Waals surface area (Å²) >= 11 is 0. The Hall–Kier alpha value is -0.860. The lowest BCUT2D eigenvalue weighted by atomic mass is 9.76. The molecule has 0 heterocycles. The molecule has 0 amide bonds. The summed E-state index contributed by atoms with van der Waals surface area (Å²) in [6, 6.07) is 9.85. The Morgan fingerprint density at radius 1 is 0.913 bits per heavy atom. The Labute approximate surface area is 144 Å². The highest BCUT2D eigenvalue weighted by Gasteiger charge is 2.41. The molecule has 0 spiro atoms. The van der Waals surface area contributed by atoms with Crippen molar-refractivity contribution in [3.05, 3.63) is 35.9 Å². The summed E-state index contributed by atoms with van der Waals surface area (Å²) in [6.45, 7) is 13.0. The summed E-state index contributed by atoms with van der Waals surface area (Å²) in [5.41, 5.74) is 0.0440. The predicted octanol–water partition coefficient (Wildman–Crippen LogP) is 5.79.